The molecule has 6 heteroatoms. The van der Waals surface area contributed by atoms with Crippen molar-refractivity contribution in [1.82, 2.24) is 15.2 Å². The number of anilines is 1. The Labute approximate surface area is 187 Å². The van der Waals surface area contributed by atoms with Gasteiger partial charge in [0.1, 0.15) is 0 Å². The van der Waals surface area contributed by atoms with E-state index in [1.54, 1.807) is 6.07 Å². The van der Waals surface area contributed by atoms with Crippen LogP contribution in [0.25, 0.3) is 21.8 Å². The fourth-order valence-electron chi connectivity index (χ4n) is 3.87. The molecule has 0 saturated carbocycles. The van der Waals surface area contributed by atoms with E-state index in [-0.39, 0.29) is 11.3 Å². The summed E-state index contributed by atoms with van der Waals surface area (Å²) in [5.41, 5.74) is 4.47. The second-order valence-electron chi connectivity index (χ2n) is 8.26. The molecule has 0 bridgehead atoms. The van der Waals surface area contributed by atoms with Crippen LogP contribution in [0.4, 0.5) is 5.69 Å². The van der Waals surface area contributed by atoms with E-state index in [9.17, 15) is 9.59 Å². The zero-order valence-corrected chi connectivity index (χ0v) is 18.7. The van der Waals surface area contributed by atoms with Gasteiger partial charge >= 0.3 is 0 Å². The van der Waals surface area contributed by atoms with Crippen LogP contribution < -0.4 is 16.1 Å². The maximum atomic E-state index is 13.6. The van der Waals surface area contributed by atoms with Crippen LogP contribution in [0.3, 0.4) is 0 Å². The normalized spacial score (nSPS) is 11.2. The molecule has 0 aliphatic heterocycles. The number of likely N-dealkylation sites (N-methyl/N-ethyl adjacent to an activating group) is 1. The van der Waals surface area contributed by atoms with E-state index in [4.69, 9.17) is 0 Å². The molecule has 0 unspecified atom stereocenters. The number of benzene rings is 3. The summed E-state index contributed by atoms with van der Waals surface area (Å²) in [6.45, 7) is 3.80. The largest absolute Gasteiger partial charge is 0.380 e. The topological polar surface area (TPSA) is 77.2 Å². The zero-order valence-electron chi connectivity index (χ0n) is 18.7. The Bertz CT molecular complexity index is 1330. The summed E-state index contributed by atoms with van der Waals surface area (Å²) in [6.07, 6.45) is 0. The third-order valence-corrected chi connectivity index (χ3v) is 5.61. The van der Waals surface area contributed by atoms with Crippen molar-refractivity contribution >= 4 is 33.4 Å². The molecule has 0 atom stereocenters. The smallest absolute Gasteiger partial charge is 0.253 e. The summed E-state index contributed by atoms with van der Waals surface area (Å²) < 4.78 is 0. The van der Waals surface area contributed by atoms with Crippen LogP contribution in [0, 0.1) is 6.92 Å². The van der Waals surface area contributed by atoms with Gasteiger partial charge in [0.15, 0.2) is 5.43 Å². The first kappa shape index (κ1) is 21.6. The summed E-state index contributed by atoms with van der Waals surface area (Å²) in [7, 11) is 3.92. The number of carbonyl (C=O) groups excluding carboxylic acids is 1. The van der Waals surface area contributed by atoms with Crippen molar-refractivity contribution in [2.45, 2.75) is 13.5 Å². The van der Waals surface area contributed by atoms with Crippen molar-refractivity contribution in [3.8, 4) is 0 Å². The van der Waals surface area contributed by atoms with Crippen molar-refractivity contribution in [2.24, 2.45) is 0 Å². The highest BCUT2D eigenvalue weighted by Crippen LogP contribution is 2.27. The standard InChI is InChI=1S/C26H28N4O2/c1-17-8-7-11-19-23(17)29-24-20(26(32)27-14-15-30(2)3)12-13-21(22(24)25(19)31)28-16-18-9-5-4-6-10-18/h4-13,28H,14-16H2,1-3H3,(H,27,32)(H,29,31). The predicted molar refractivity (Wildman–Crippen MR) is 131 cm³/mol. The van der Waals surface area contributed by atoms with E-state index >= 15 is 0 Å². The zero-order chi connectivity index (χ0) is 22.7. The first-order chi connectivity index (χ1) is 15.5. The number of fused-ring (bicyclic) bond motifs is 2. The van der Waals surface area contributed by atoms with Gasteiger partial charge in [-0.2, -0.15) is 0 Å². The molecule has 0 fully saturated rings. The number of hydrogen-bond donors (Lipinski definition) is 3. The summed E-state index contributed by atoms with van der Waals surface area (Å²) >= 11 is 0. The summed E-state index contributed by atoms with van der Waals surface area (Å²) in [6, 6.07) is 19.3. The number of aromatic nitrogens is 1. The van der Waals surface area contributed by atoms with Crippen LogP contribution in [0.1, 0.15) is 21.5 Å². The molecule has 0 radical (unpaired) electrons. The molecule has 1 amide bonds. The molecule has 6 nitrogen and oxygen atoms in total. The third-order valence-electron chi connectivity index (χ3n) is 5.61. The van der Waals surface area contributed by atoms with Crippen molar-refractivity contribution in [1.29, 1.82) is 0 Å². The maximum Gasteiger partial charge on any atom is 0.253 e. The molecule has 0 saturated heterocycles. The summed E-state index contributed by atoms with van der Waals surface area (Å²) in [5.74, 6) is -0.199. The highest BCUT2D eigenvalue weighted by molar-refractivity contribution is 6.11. The summed E-state index contributed by atoms with van der Waals surface area (Å²) in [5, 5.41) is 7.46. The third kappa shape index (κ3) is 4.36. The molecule has 0 aliphatic carbocycles. The number of nitrogens with zero attached hydrogens (tertiary/aromatic N) is 1. The first-order valence-corrected chi connectivity index (χ1v) is 10.7. The van der Waals surface area contributed by atoms with Crippen LogP contribution in [0.15, 0.2) is 65.5 Å². The Morgan fingerprint density at radius 2 is 1.75 bits per heavy atom. The Kier molecular flexibility index (Phi) is 6.23. The van der Waals surface area contributed by atoms with E-state index in [1.165, 1.54) is 0 Å². The van der Waals surface area contributed by atoms with Crippen molar-refractivity contribution < 1.29 is 4.79 Å². The Morgan fingerprint density at radius 3 is 2.50 bits per heavy atom. The lowest BCUT2D eigenvalue weighted by atomic mass is 10.0. The van der Waals surface area contributed by atoms with E-state index in [0.717, 1.165) is 23.2 Å². The molecule has 32 heavy (non-hydrogen) atoms. The average molecular weight is 429 g/mol. The fraction of sp³-hybridized carbons (Fsp3) is 0.231. The molecule has 3 aromatic carbocycles. The van der Waals surface area contributed by atoms with Gasteiger partial charge in [0.05, 0.1) is 22.0 Å². The lowest BCUT2D eigenvalue weighted by Crippen LogP contribution is -2.31. The van der Waals surface area contributed by atoms with Crippen molar-refractivity contribution in [3.63, 3.8) is 0 Å². The number of nitrogens with one attached hydrogen (secondary N) is 3. The van der Waals surface area contributed by atoms with Gasteiger partial charge in [-0.05, 0) is 50.3 Å². The van der Waals surface area contributed by atoms with E-state index < -0.39 is 0 Å². The van der Waals surface area contributed by atoms with Crippen LogP contribution in [-0.4, -0.2) is 43.0 Å². The fourth-order valence-corrected chi connectivity index (χ4v) is 3.87. The highest BCUT2D eigenvalue weighted by atomic mass is 16.1. The van der Waals surface area contributed by atoms with Gasteiger partial charge in [0, 0.05) is 30.7 Å². The van der Waals surface area contributed by atoms with Crippen LogP contribution >= 0.6 is 0 Å². The Balaban J connectivity index is 1.83. The Morgan fingerprint density at radius 1 is 0.969 bits per heavy atom. The SMILES string of the molecule is Cc1cccc2c(=O)c3c(NCc4ccccc4)ccc(C(=O)NCCN(C)C)c3[nH]c12. The minimum atomic E-state index is -0.199. The average Bonchev–Trinajstić information content (AvgIpc) is 2.78. The molecular weight excluding hydrogens is 400 g/mol. The number of aryl methyl sites for hydroxylation is 1. The summed E-state index contributed by atoms with van der Waals surface area (Å²) in [4.78, 5) is 31.9. The number of pyridine rings is 1. The van der Waals surface area contributed by atoms with Gasteiger partial charge in [-0.15, -0.1) is 0 Å². The number of hydrogen-bond acceptors (Lipinski definition) is 4. The predicted octanol–water partition coefficient (Wildman–Crippen LogP) is 3.89. The monoisotopic (exact) mass is 428 g/mol. The number of para-hydroxylation sites is 1. The van der Waals surface area contributed by atoms with Gasteiger partial charge in [0.25, 0.3) is 5.91 Å². The molecule has 1 aromatic heterocycles. The molecule has 0 spiro atoms. The van der Waals surface area contributed by atoms with E-state index in [1.807, 2.05) is 80.5 Å². The first-order valence-electron chi connectivity index (χ1n) is 10.7. The molecule has 0 aliphatic rings. The van der Waals surface area contributed by atoms with Gasteiger partial charge in [0.2, 0.25) is 0 Å². The molecule has 4 aromatic rings. The van der Waals surface area contributed by atoms with Gasteiger partial charge in [-0.1, -0.05) is 42.5 Å². The minimum Gasteiger partial charge on any atom is -0.380 e. The van der Waals surface area contributed by atoms with E-state index in [2.05, 4.69) is 15.6 Å². The minimum absolute atomic E-state index is 0.0871. The quantitative estimate of drug-likeness (QED) is 0.390. The molecule has 1 heterocycles. The number of aromatic amines is 1. The lowest BCUT2D eigenvalue weighted by molar-refractivity contribution is 0.0952. The van der Waals surface area contributed by atoms with Crippen molar-refractivity contribution in [3.05, 3.63) is 87.6 Å². The number of amides is 1. The van der Waals surface area contributed by atoms with E-state index in [0.29, 0.717) is 40.6 Å². The van der Waals surface area contributed by atoms with Crippen LogP contribution in [0.2, 0.25) is 0 Å². The number of rotatable bonds is 7. The molecule has 3 N–H and O–H groups in total. The van der Waals surface area contributed by atoms with Crippen LogP contribution in [0.5, 0.6) is 0 Å². The number of carbonyl (C=O) groups is 1. The second-order valence-corrected chi connectivity index (χ2v) is 8.26. The van der Waals surface area contributed by atoms with Crippen LogP contribution in [-0.2, 0) is 6.54 Å². The molecule has 4 rings (SSSR count). The molecular formula is C26H28N4O2. The van der Waals surface area contributed by atoms with Gasteiger partial charge < -0.3 is 20.5 Å². The molecule has 164 valence electrons. The highest BCUT2D eigenvalue weighted by Gasteiger charge is 2.18. The maximum absolute atomic E-state index is 13.6. The van der Waals surface area contributed by atoms with Crippen molar-refractivity contribution in [2.75, 3.05) is 32.5 Å². The van der Waals surface area contributed by atoms with Gasteiger partial charge in [-0.25, -0.2) is 0 Å². The van der Waals surface area contributed by atoms with Gasteiger partial charge in [-0.3, -0.25) is 9.59 Å². The second kappa shape index (κ2) is 9.24. The number of H-pyrrole nitrogens is 1. The Hall–Kier alpha value is -3.64. The lowest BCUT2D eigenvalue weighted by Gasteiger charge is -2.15.